The predicted molar refractivity (Wildman–Crippen MR) is 81.9 cm³/mol. The summed E-state index contributed by atoms with van der Waals surface area (Å²) in [5.74, 6) is 0. The molecule has 1 heterocycles. The second-order valence-corrected chi connectivity index (χ2v) is 6.09. The summed E-state index contributed by atoms with van der Waals surface area (Å²) in [6.07, 6.45) is 1.43. The minimum atomic E-state index is -0.465. The molecule has 2 unspecified atom stereocenters. The van der Waals surface area contributed by atoms with Crippen molar-refractivity contribution in [3.63, 3.8) is 0 Å². The van der Waals surface area contributed by atoms with Crippen molar-refractivity contribution < 1.29 is 14.6 Å². The molecule has 1 aliphatic heterocycles. The third kappa shape index (κ3) is 6.09. The summed E-state index contributed by atoms with van der Waals surface area (Å²) in [4.78, 5) is 15.8. The van der Waals surface area contributed by atoms with Gasteiger partial charge < -0.3 is 19.6 Å². The average molecular weight is 288 g/mol. The smallest absolute Gasteiger partial charge is 0.410 e. The number of carbonyl (C=O) groups is 1. The molecule has 0 radical (unpaired) electrons. The van der Waals surface area contributed by atoms with Crippen LogP contribution in [0.2, 0.25) is 0 Å². The normalized spacial score (nSPS) is 23.6. The van der Waals surface area contributed by atoms with Crippen LogP contribution >= 0.6 is 0 Å². The molecule has 0 aromatic carbocycles. The highest BCUT2D eigenvalue weighted by atomic mass is 16.6. The highest BCUT2D eigenvalue weighted by Gasteiger charge is 2.31. The van der Waals surface area contributed by atoms with E-state index in [4.69, 9.17) is 4.74 Å². The van der Waals surface area contributed by atoms with Crippen LogP contribution in [0.1, 0.15) is 47.5 Å². The maximum Gasteiger partial charge on any atom is 0.410 e. The molecule has 1 fully saturated rings. The summed E-state index contributed by atoms with van der Waals surface area (Å²) in [7, 11) is 3.78. The number of hydrogen-bond acceptors (Lipinski definition) is 4. The van der Waals surface area contributed by atoms with Crippen molar-refractivity contribution in [1.82, 2.24) is 9.80 Å². The summed E-state index contributed by atoms with van der Waals surface area (Å²) >= 11 is 0. The zero-order valence-corrected chi connectivity index (χ0v) is 14.1. The number of aliphatic hydroxyl groups excluding tert-OH is 1. The zero-order chi connectivity index (χ0) is 15.9. The Balaban J connectivity index is 0.00000172. The summed E-state index contributed by atoms with van der Waals surface area (Å²) in [5, 5.41) is 9.31. The van der Waals surface area contributed by atoms with E-state index >= 15 is 0 Å². The Morgan fingerprint density at radius 3 is 2.40 bits per heavy atom. The van der Waals surface area contributed by atoms with E-state index in [-0.39, 0.29) is 24.8 Å². The molecule has 1 amide bonds. The van der Waals surface area contributed by atoms with Crippen molar-refractivity contribution in [2.45, 2.75) is 65.1 Å². The topological polar surface area (TPSA) is 53.0 Å². The molecule has 1 saturated heterocycles. The first kappa shape index (κ1) is 19.2. The summed E-state index contributed by atoms with van der Waals surface area (Å²) < 4.78 is 5.36. The van der Waals surface area contributed by atoms with Gasteiger partial charge in [0.25, 0.3) is 0 Å². The van der Waals surface area contributed by atoms with E-state index in [0.29, 0.717) is 0 Å². The number of likely N-dealkylation sites (tertiary alicyclic amines) is 1. The van der Waals surface area contributed by atoms with Crippen molar-refractivity contribution in [1.29, 1.82) is 0 Å². The molecule has 0 saturated carbocycles. The fourth-order valence-electron chi connectivity index (χ4n) is 2.20. The quantitative estimate of drug-likeness (QED) is 0.847. The van der Waals surface area contributed by atoms with Gasteiger partial charge in [0.15, 0.2) is 0 Å². The van der Waals surface area contributed by atoms with Gasteiger partial charge in [-0.1, -0.05) is 13.8 Å². The van der Waals surface area contributed by atoms with Crippen LogP contribution < -0.4 is 0 Å². The first-order valence-electron chi connectivity index (χ1n) is 7.51. The monoisotopic (exact) mass is 288 g/mol. The number of piperidine rings is 1. The Morgan fingerprint density at radius 1 is 1.40 bits per heavy atom. The Morgan fingerprint density at radius 2 is 1.95 bits per heavy atom. The first-order chi connectivity index (χ1) is 9.24. The fraction of sp³-hybridized carbons (Fsp3) is 0.933. The van der Waals surface area contributed by atoms with Gasteiger partial charge in [-0.15, -0.1) is 0 Å². The Labute approximate surface area is 123 Å². The van der Waals surface area contributed by atoms with Crippen LogP contribution in [-0.4, -0.2) is 65.9 Å². The molecule has 120 valence electrons. The largest absolute Gasteiger partial charge is 0.444 e. The highest BCUT2D eigenvalue weighted by molar-refractivity contribution is 5.68. The molecule has 2 atom stereocenters. The lowest BCUT2D eigenvalue weighted by molar-refractivity contribution is 0.00685. The summed E-state index contributed by atoms with van der Waals surface area (Å²) in [5.41, 5.74) is -0.465. The van der Waals surface area contributed by atoms with Gasteiger partial charge in [-0.2, -0.15) is 0 Å². The van der Waals surface area contributed by atoms with Crippen LogP contribution in [0.15, 0.2) is 0 Å². The fourth-order valence-corrected chi connectivity index (χ4v) is 2.20. The van der Waals surface area contributed by atoms with Crippen LogP contribution in [0, 0.1) is 0 Å². The number of likely N-dealkylation sites (N-methyl/N-ethyl adjacent to an activating group) is 1. The summed E-state index contributed by atoms with van der Waals surface area (Å²) in [6, 6.07) is 0.279. The standard InChI is InChI=1S/C13H26N2O3.C2H6/c1-13(2,3)18-12(17)15(5)10-6-7-14(4)11(8-10)9-16;1-2/h10-11,16H,6-9H2,1-5H3;1-2H3. The Bertz CT molecular complexity index is 289. The van der Waals surface area contributed by atoms with E-state index in [9.17, 15) is 9.90 Å². The number of hydrogen-bond donors (Lipinski definition) is 1. The minimum Gasteiger partial charge on any atom is -0.444 e. The number of ether oxygens (including phenoxy) is 1. The van der Waals surface area contributed by atoms with Crippen LogP contribution in [0.3, 0.4) is 0 Å². The number of amides is 1. The van der Waals surface area contributed by atoms with E-state index in [1.54, 1.807) is 11.9 Å². The van der Waals surface area contributed by atoms with Gasteiger partial charge in [0, 0.05) is 25.7 Å². The van der Waals surface area contributed by atoms with Gasteiger partial charge in [0.1, 0.15) is 5.60 Å². The second kappa shape index (κ2) is 8.47. The molecule has 0 bridgehead atoms. The third-order valence-corrected chi connectivity index (χ3v) is 3.42. The molecule has 5 nitrogen and oxygen atoms in total. The molecule has 0 aromatic rings. The SMILES string of the molecule is CC.CN1CCC(N(C)C(=O)OC(C)(C)C)CC1CO. The Hall–Kier alpha value is -0.810. The van der Waals surface area contributed by atoms with Gasteiger partial charge in [-0.25, -0.2) is 4.79 Å². The maximum atomic E-state index is 12.0. The van der Waals surface area contributed by atoms with Crippen molar-refractivity contribution in [3.05, 3.63) is 0 Å². The zero-order valence-electron chi connectivity index (χ0n) is 14.1. The number of aliphatic hydroxyl groups is 1. The lowest BCUT2D eigenvalue weighted by atomic mass is 9.97. The molecular weight excluding hydrogens is 256 g/mol. The Kier molecular flexibility index (Phi) is 8.13. The van der Waals surface area contributed by atoms with Crippen LogP contribution in [-0.2, 0) is 4.74 Å². The molecule has 1 aliphatic rings. The molecule has 1 rings (SSSR count). The number of carbonyl (C=O) groups excluding carboxylic acids is 1. The maximum absolute atomic E-state index is 12.0. The van der Waals surface area contributed by atoms with E-state index in [2.05, 4.69) is 4.90 Å². The lowest BCUT2D eigenvalue weighted by Gasteiger charge is -2.40. The van der Waals surface area contributed by atoms with Crippen molar-refractivity contribution in [2.75, 3.05) is 27.2 Å². The van der Waals surface area contributed by atoms with E-state index in [1.165, 1.54) is 0 Å². The molecule has 0 spiro atoms. The molecule has 20 heavy (non-hydrogen) atoms. The average Bonchev–Trinajstić information content (AvgIpc) is 2.39. The predicted octanol–water partition coefficient (Wildman–Crippen LogP) is 2.33. The molecular formula is C15H32N2O3. The molecule has 1 N–H and O–H groups in total. The minimum absolute atomic E-state index is 0.133. The van der Waals surface area contributed by atoms with E-state index < -0.39 is 5.60 Å². The third-order valence-electron chi connectivity index (χ3n) is 3.42. The lowest BCUT2D eigenvalue weighted by Crippen LogP contribution is -2.51. The van der Waals surface area contributed by atoms with Crippen molar-refractivity contribution in [3.8, 4) is 0 Å². The molecule has 0 aromatic heterocycles. The molecule has 5 heteroatoms. The van der Waals surface area contributed by atoms with Gasteiger partial charge in [0.05, 0.1) is 6.61 Å². The number of nitrogens with zero attached hydrogens (tertiary/aromatic N) is 2. The highest BCUT2D eigenvalue weighted by Crippen LogP contribution is 2.21. The molecule has 0 aliphatic carbocycles. The van der Waals surface area contributed by atoms with Gasteiger partial charge in [-0.05, 0) is 40.7 Å². The van der Waals surface area contributed by atoms with Crippen molar-refractivity contribution >= 4 is 6.09 Å². The van der Waals surface area contributed by atoms with Crippen LogP contribution in [0.4, 0.5) is 4.79 Å². The van der Waals surface area contributed by atoms with Gasteiger partial charge >= 0.3 is 6.09 Å². The van der Waals surface area contributed by atoms with Gasteiger partial charge in [0.2, 0.25) is 0 Å². The first-order valence-corrected chi connectivity index (χ1v) is 7.51. The van der Waals surface area contributed by atoms with Crippen LogP contribution in [0.25, 0.3) is 0 Å². The second-order valence-electron chi connectivity index (χ2n) is 6.09. The van der Waals surface area contributed by atoms with Gasteiger partial charge in [-0.3, -0.25) is 0 Å². The van der Waals surface area contributed by atoms with Crippen molar-refractivity contribution in [2.24, 2.45) is 0 Å². The van der Waals surface area contributed by atoms with Crippen LogP contribution in [0.5, 0.6) is 0 Å². The summed E-state index contributed by atoms with van der Waals surface area (Å²) in [6.45, 7) is 10.6. The van der Waals surface area contributed by atoms with E-state index in [0.717, 1.165) is 19.4 Å². The van der Waals surface area contributed by atoms with E-state index in [1.807, 2.05) is 41.7 Å². The number of rotatable bonds is 2.